The highest BCUT2D eigenvalue weighted by Gasteiger charge is 2.02. The van der Waals surface area contributed by atoms with Crippen LogP contribution >= 0.6 is 0 Å². The highest BCUT2D eigenvalue weighted by atomic mass is 16.1. The topological polar surface area (TPSA) is 34.9 Å². The lowest BCUT2D eigenvalue weighted by molar-refractivity contribution is 0.111. The van der Waals surface area contributed by atoms with E-state index in [9.17, 15) is 4.79 Å². The quantitative estimate of drug-likeness (QED) is 0.675. The monoisotopic (exact) mass is 262 g/mol. The minimum Gasteiger partial charge on any atom is -0.324 e. The highest BCUT2D eigenvalue weighted by molar-refractivity contribution is 5.71. The Bertz CT molecular complexity index is 699. The maximum absolute atomic E-state index is 10.9. The van der Waals surface area contributed by atoms with Crippen LogP contribution in [0.4, 0.5) is 0 Å². The molecule has 98 valence electrons. The van der Waals surface area contributed by atoms with Crippen molar-refractivity contribution < 1.29 is 4.79 Å². The second-order valence-corrected chi connectivity index (χ2v) is 4.63. The standard InChI is InChI=1S/C17H14N2O/c20-12-17-10-18-13-19(17)11-14-6-8-16(9-7-14)15-4-2-1-3-5-15/h1-10,12-13H,11H2. The summed E-state index contributed by atoms with van der Waals surface area (Å²) < 4.78 is 1.84. The highest BCUT2D eigenvalue weighted by Crippen LogP contribution is 2.19. The minimum atomic E-state index is 0.595. The molecule has 0 bridgehead atoms. The molecule has 0 aliphatic carbocycles. The number of carbonyl (C=O) groups excluding carboxylic acids is 1. The Balaban J connectivity index is 1.82. The van der Waals surface area contributed by atoms with Crippen LogP contribution in [-0.4, -0.2) is 15.8 Å². The lowest BCUT2D eigenvalue weighted by Crippen LogP contribution is -2.02. The van der Waals surface area contributed by atoms with Crippen molar-refractivity contribution in [3.05, 3.63) is 78.4 Å². The second kappa shape index (κ2) is 5.53. The number of hydrogen-bond donors (Lipinski definition) is 0. The van der Waals surface area contributed by atoms with Gasteiger partial charge in [0.1, 0.15) is 5.69 Å². The van der Waals surface area contributed by atoms with E-state index in [1.54, 1.807) is 12.5 Å². The van der Waals surface area contributed by atoms with Crippen molar-refractivity contribution in [2.75, 3.05) is 0 Å². The Kier molecular flexibility index (Phi) is 3.42. The van der Waals surface area contributed by atoms with Crippen LogP contribution in [0, 0.1) is 0 Å². The first-order valence-electron chi connectivity index (χ1n) is 6.46. The number of aromatic nitrogens is 2. The van der Waals surface area contributed by atoms with E-state index in [-0.39, 0.29) is 0 Å². The van der Waals surface area contributed by atoms with E-state index in [0.29, 0.717) is 12.2 Å². The largest absolute Gasteiger partial charge is 0.324 e. The Morgan fingerprint density at radius 1 is 0.950 bits per heavy atom. The predicted octanol–water partition coefficient (Wildman–Crippen LogP) is 3.41. The van der Waals surface area contributed by atoms with E-state index in [0.717, 1.165) is 11.8 Å². The molecule has 3 nitrogen and oxygen atoms in total. The third kappa shape index (κ3) is 2.52. The van der Waals surface area contributed by atoms with E-state index in [1.165, 1.54) is 11.1 Å². The molecule has 0 atom stereocenters. The number of rotatable bonds is 4. The van der Waals surface area contributed by atoms with Gasteiger partial charge in [0.2, 0.25) is 0 Å². The summed E-state index contributed by atoms with van der Waals surface area (Å²) in [6.45, 7) is 0.656. The van der Waals surface area contributed by atoms with Crippen LogP contribution in [-0.2, 0) is 6.54 Å². The van der Waals surface area contributed by atoms with Gasteiger partial charge in [0.15, 0.2) is 6.29 Å². The SMILES string of the molecule is O=Cc1cncn1Cc1ccc(-c2ccccc2)cc1. The summed E-state index contributed by atoms with van der Waals surface area (Å²) in [5.74, 6) is 0. The van der Waals surface area contributed by atoms with Gasteiger partial charge < -0.3 is 4.57 Å². The van der Waals surface area contributed by atoms with Gasteiger partial charge in [-0.3, -0.25) is 4.79 Å². The van der Waals surface area contributed by atoms with Gasteiger partial charge in [0.05, 0.1) is 12.5 Å². The second-order valence-electron chi connectivity index (χ2n) is 4.63. The summed E-state index contributed by atoms with van der Waals surface area (Å²) in [6, 6.07) is 18.6. The molecule has 20 heavy (non-hydrogen) atoms. The van der Waals surface area contributed by atoms with Gasteiger partial charge in [-0.2, -0.15) is 0 Å². The molecule has 3 rings (SSSR count). The van der Waals surface area contributed by atoms with Crippen LogP contribution in [0.2, 0.25) is 0 Å². The minimum absolute atomic E-state index is 0.595. The van der Waals surface area contributed by atoms with E-state index < -0.39 is 0 Å². The first-order valence-corrected chi connectivity index (χ1v) is 6.46. The first-order chi connectivity index (χ1) is 9.86. The zero-order chi connectivity index (χ0) is 13.8. The maximum atomic E-state index is 10.9. The van der Waals surface area contributed by atoms with E-state index in [4.69, 9.17) is 0 Å². The Morgan fingerprint density at radius 3 is 2.35 bits per heavy atom. The van der Waals surface area contributed by atoms with Gasteiger partial charge in [-0.1, -0.05) is 54.6 Å². The lowest BCUT2D eigenvalue weighted by atomic mass is 10.0. The zero-order valence-electron chi connectivity index (χ0n) is 10.9. The Hall–Kier alpha value is -2.68. The molecule has 1 heterocycles. The van der Waals surface area contributed by atoms with Crippen molar-refractivity contribution in [3.63, 3.8) is 0 Å². The van der Waals surface area contributed by atoms with Crippen LogP contribution in [0.25, 0.3) is 11.1 Å². The summed E-state index contributed by atoms with van der Waals surface area (Å²) in [7, 11) is 0. The summed E-state index contributed by atoms with van der Waals surface area (Å²) in [4.78, 5) is 14.8. The molecule has 3 aromatic rings. The maximum Gasteiger partial charge on any atom is 0.168 e. The van der Waals surface area contributed by atoms with Crippen LogP contribution < -0.4 is 0 Å². The van der Waals surface area contributed by atoms with Crippen molar-refractivity contribution in [1.29, 1.82) is 0 Å². The van der Waals surface area contributed by atoms with Gasteiger partial charge in [-0.05, 0) is 16.7 Å². The third-order valence-corrected chi connectivity index (χ3v) is 3.28. The number of imidazole rings is 1. The molecule has 2 aromatic carbocycles. The summed E-state index contributed by atoms with van der Waals surface area (Å²) in [5, 5.41) is 0. The van der Waals surface area contributed by atoms with Gasteiger partial charge in [0, 0.05) is 6.54 Å². The molecule has 0 radical (unpaired) electrons. The normalized spacial score (nSPS) is 10.4. The van der Waals surface area contributed by atoms with E-state index >= 15 is 0 Å². The third-order valence-electron chi connectivity index (χ3n) is 3.28. The van der Waals surface area contributed by atoms with E-state index in [2.05, 4.69) is 41.4 Å². The molecule has 0 aliphatic heterocycles. The molecule has 3 heteroatoms. The summed E-state index contributed by atoms with van der Waals surface area (Å²) in [6.07, 6.45) is 4.07. The number of hydrogen-bond acceptors (Lipinski definition) is 2. The fourth-order valence-electron chi connectivity index (χ4n) is 2.19. The van der Waals surface area contributed by atoms with Crippen LogP contribution in [0.3, 0.4) is 0 Å². The van der Waals surface area contributed by atoms with Crippen molar-refractivity contribution in [3.8, 4) is 11.1 Å². The van der Waals surface area contributed by atoms with Crippen molar-refractivity contribution >= 4 is 6.29 Å². The molecule has 0 spiro atoms. The molecule has 0 aliphatic rings. The lowest BCUT2D eigenvalue weighted by Gasteiger charge is -2.06. The van der Waals surface area contributed by atoms with Gasteiger partial charge in [-0.25, -0.2) is 4.98 Å². The molecule has 1 aromatic heterocycles. The average molecular weight is 262 g/mol. The summed E-state index contributed by atoms with van der Waals surface area (Å²) in [5.41, 5.74) is 4.13. The molecule has 0 N–H and O–H groups in total. The first kappa shape index (κ1) is 12.4. The fourth-order valence-corrected chi connectivity index (χ4v) is 2.19. The predicted molar refractivity (Wildman–Crippen MR) is 78.6 cm³/mol. The van der Waals surface area contributed by atoms with E-state index in [1.807, 2.05) is 22.8 Å². The van der Waals surface area contributed by atoms with Crippen molar-refractivity contribution in [1.82, 2.24) is 9.55 Å². The Labute approximate surface area is 117 Å². The van der Waals surface area contributed by atoms with Gasteiger partial charge >= 0.3 is 0 Å². The van der Waals surface area contributed by atoms with Crippen LogP contribution in [0.1, 0.15) is 16.1 Å². The average Bonchev–Trinajstić information content (AvgIpc) is 2.96. The number of nitrogens with zero attached hydrogens (tertiary/aromatic N) is 2. The molecule has 0 fully saturated rings. The molecular formula is C17H14N2O. The van der Waals surface area contributed by atoms with Crippen LogP contribution in [0.15, 0.2) is 67.1 Å². The van der Waals surface area contributed by atoms with Crippen molar-refractivity contribution in [2.24, 2.45) is 0 Å². The smallest absolute Gasteiger partial charge is 0.168 e. The molecule has 0 saturated carbocycles. The zero-order valence-corrected chi connectivity index (χ0v) is 10.9. The number of aldehydes is 1. The van der Waals surface area contributed by atoms with Crippen LogP contribution in [0.5, 0.6) is 0 Å². The number of benzene rings is 2. The van der Waals surface area contributed by atoms with Crippen molar-refractivity contribution in [2.45, 2.75) is 6.54 Å². The van der Waals surface area contributed by atoms with Gasteiger partial charge in [-0.15, -0.1) is 0 Å². The molecular weight excluding hydrogens is 248 g/mol. The number of carbonyl (C=O) groups is 1. The summed E-state index contributed by atoms with van der Waals surface area (Å²) >= 11 is 0. The molecule has 0 saturated heterocycles. The van der Waals surface area contributed by atoms with Gasteiger partial charge in [0.25, 0.3) is 0 Å². The molecule has 0 amide bonds. The molecule has 0 unspecified atom stereocenters. The fraction of sp³-hybridized carbons (Fsp3) is 0.0588. The Morgan fingerprint density at radius 2 is 1.65 bits per heavy atom.